The van der Waals surface area contributed by atoms with Gasteiger partial charge in [-0.2, -0.15) is 0 Å². The molecule has 0 spiro atoms. The van der Waals surface area contributed by atoms with Crippen LogP contribution in [0, 0.1) is 0 Å². The molecule has 0 saturated carbocycles. The Morgan fingerprint density at radius 3 is 2.62 bits per heavy atom. The summed E-state index contributed by atoms with van der Waals surface area (Å²) >= 11 is 0. The number of carbonyl (C=O) groups excluding carboxylic acids is 2. The standard InChI is InChI=1S/C19H26N2O3/c1-2-18(22)15-6-8-17(9-7-15)24-14-19(23)21-12-4-11-20-10-3-5-16(20)13-21/h6-9,16H,2-5,10-14H2,1H3/t16-/m0/s1. The second kappa shape index (κ2) is 7.79. The highest BCUT2D eigenvalue weighted by atomic mass is 16.5. The van der Waals surface area contributed by atoms with Crippen molar-refractivity contribution in [3.63, 3.8) is 0 Å². The van der Waals surface area contributed by atoms with Gasteiger partial charge in [0.25, 0.3) is 5.91 Å². The van der Waals surface area contributed by atoms with Crippen LogP contribution in [-0.4, -0.2) is 60.3 Å². The van der Waals surface area contributed by atoms with Gasteiger partial charge in [-0.3, -0.25) is 14.5 Å². The van der Waals surface area contributed by atoms with E-state index in [0.29, 0.717) is 23.8 Å². The maximum absolute atomic E-state index is 12.5. The number of fused-ring (bicyclic) bond motifs is 1. The Bertz CT molecular complexity index is 585. The van der Waals surface area contributed by atoms with Crippen LogP contribution in [0.4, 0.5) is 0 Å². The number of ether oxygens (including phenoxy) is 1. The van der Waals surface area contributed by atoms with Crippen molar-refractivity contribution in [2.45, 2.75) is 38.6 Å². The Morgan fingerprint density at radius 1 is 1.12 bits per heavy atom. The van der Waals surface area contributed by atoms with Crippen LogP contribution in [0.3, 0.4) is 0 Å². The van der Waals surface area contributed by atoms with E-state index >= 15 is 0 Å². The Morgan fingerprint density at radius 2 is 1.88 bits per heavy atom. The molecule has 1 aromatic rings. The second-order valence-corrected chi connectivity index (χ2v) is 6.62. The van der Waals surface area contributed by atoms with Crippen molar-refractivity contribution in [2.24, 2.45) is 0 Å². The molecule has 24 heavy (non-hydrogen) atoms. The molecular weight excluding hydrogens is 304 g/mol. The molecule has 0 aromatic heterocycles. The molecule has 5 nitrogen and oxygen atoms in total. The molecule has 0 radical (unpaired) electrons. The maximum atomic E-state index is 12.5. The van der Waals surface area contributed by atoms with Gasteiger partial charge >= 0.3 is 0 Å². The van der Waals surface area contributed by atoms with E-state index in [1.54, 1.807) is 24.3 Å². The highest BCUT2D eigenvalue weighted by Crippen LogP contribution is 2.21. The SMILES string of the molecule is CCC(=O)c1ccc(OCC(=O)N2CCCN3CCC[C@H]3C2)cc1. The summed E-state index contributed by atoms with van der Waals surface area (Å²) in [5, 5.41) is 0. The molecule has 0 N–H and O–H groups in total. The first-order chi connectivity index (χ1) is 11.7. The fraction of sp³-hybridized carbons (Fsp3) is 0.579. The summed E-state index contributed by atoms with van der Waals surface area (Å²) in [5.41, 5.74) is 0.685. The summed E-state index contributed by atoms with van der Waals surface area (Å²) in [5.74, 6) is 0.800. The van der Waals surface area contributed by atoms with Crippen molar-refractivity contribution in [1.82, 2.24) is 9.80 Å². The Kier molecular flexibility index (Phi) is 5.51. The minimum Gasteiger partial charge on any atom is -0.484 e. The molecule has 1 aromatic carbocycles. The molecule has 2 aliphatic heterocycles. The summed E-state index contributed by atoms with van der Waals surface area (Å²) in [4.78, 5) is 28.5. The third-order valence-electron chi connectivity index (χ3n) is 5.02. The monoisotopic (exact) mass is 330 g/mol. The Hall–Kier alpha value is -1.88. The van der Waals surface area contributed by atoms with Crippen LogP contribution in [0.2, 0.25) is 0 Å². The van der Waals surface area contributed by atoms with Crippen molar-refractivity contribution >= 4 is 11.7 Å². The van der Waals surface area contributed by atoms with Gasteiger partial charge in [0.05, 0.1) is 0 Å². The summed E-state index contributed by atoms with van der Waals surface area (Å²) in [6.07, 6.45) is 3.96. The molecule has 0 unspecified atom stereocenters. The molecule has 3 rings (SSSR count). The summed E-state index contributed by atoms with van der Waals surface area (Å²) in [6, 6.07) is 7.56. The van der Waals surface area contributed by atoms with Crippen LogP contribution in [0.1, 0.15) is 43.0 Å². The van der Waals surface area contributed by atoms with Crippen molar-refractivity contribution < 1.29 is 14.3 Å². The second-order valence-electron chi connectivity index (χ2n) is 6.62. The number of benzene rings is 1. The van der Waals surface area contributed by atoms with Crippen molar-refractivity contribution in [3.8, 4) is 5.75 Å². The van der Waals surface area contributed by atoms with Crippen LogP contribution < -0.4 is 4.74 Å². The summed E-state index contributed by atoms with van der Waals surface area (Å²) in [7, 11) is 0. The third kappa shape index (κ3) is 3.96. The van der Waals surface area contributed by atoms with Gasteiger partial charge in [0, 0.05) is 37.7 Å². The van der Waals surface area contributed by atoms with E-state index in [9.17, 15) is 9.59 Å². The lowest BCUT2D eigenvalue weighted by Gasteiger charge is -2.25. The van der Waals surface area contributed by atoms with E-state index in [4.69, 9.17) is 4.74 Å². The molecule has 1 amide bonds. The number of Topliss-reactive ketones (excluding diaryl/α,β-unsaturated/α-hetero) is 1. The van der Waals surface area contributed by atoms with E-state index in [-0.39, 0.29) is 18.3 Å². The van der Waals surface area contributed by atoms with Crippen LogP contribution in [0.5, 0.6) is 5.75 Å². The fourth-order valence-corrected chi connectivity index (χ4v) is 3.61. The van der Waals surface area contributed by atoms with Gasteiger partial charge in [0.2, 0.25) is 0 Å². The van der Waals surface area contributed by atoms with E-state index in [0.717, 1.165) is 26.1 Å². The molecule has 0 aliphatic carbocycles. The fourth-order valence-electron chi connectivity index (χ4n) is 3.61. The first-order valence-corrected chi connectivity index (χ1v) is 8.95. The van der Waals surface area contributed by atoms with Crippen LogP contribution in [-0.2, 0) is 4.79 Å². The molecular formula is C19H26N2O3. The van der Waals surface area contributed by atoms with Gasteiger partial charge in [-0.1, -0.05) is 6.92 Å². The Balaban J connectivity index is 1.52. The minimum absolute atomic E-state index is 0.0532. The molecule has 130 valence electrons. The predicted molar refractivity (Wildman–Crippen MR) is 92.4 cm³/mol. The minimum atomic E-state index is 0.0532. The molecule has 2 fully saturated rings. The van der Waals surface area contributed by atoms with Crippen molar-refractivity contribution in [2.75, 3.05) is 32.8 Å². The quantitative estimate of drug-likeness (QED) is 0.778. The number of carbonyl (C=O) groups is 2. The number of hydrogen-bond donors (Lipinski definition) is 0. The van der Waals surface area contributed by atoms with E-state index in [1.165, 1.54) is 19.4 Å². The topological polar surface area (TPSA) is 49.9 Å². The summed E-state index contributed by atoms with van der Waals surface area (Å²) < 4.78 is 5.63. The maximum Gasteiger partial charge on any atom is 0.260 e. The first-order valence-electron chi connectivity index (χ1n) is 8.95. The smallest absolute Gasteiger partial charge is 0.260 e. The number of rotatable bonds is 5. The van der Waals surface area contributed by atoms with Crippen molar-refractivity contribution in [3.05, 3.63) is 29.8 Å². The average molecular weight is 330 g/mol. The highest BCUT2D eigenvalue weighted by Gasteiger charge is 2.30. The number of nitrogens with zero attached hydrogens (tertiary/aromatic N) is 2. The highest BCUT2D eigenvalue weighted by molar-refractivity contribution is 5.95. The zero-order valence-electron chi connectivity index (χ0n) is 14.4. The van der Waals surface area contributed by atoms with Gasteiger partial charge in [-0.25, -0.2) is 0 Å². The molecule has 2 heterocycles. The molecule has 0 bridgehead atoms. The van der Waals surface area contributed by atoms with Gasteiger partial charge in [-0.15, -0.1) is 0 Å². The largest absolute Gasteiger partial charge is 0.484 e. The lowest BCUT2D eigenvalue weighted by molar-refractivity contribution is -0.133. The third-order valence-corrected chi connectivity index (χ3v) is 5.02. The predicted octanol–water partition coefficient (Wildman–Crippen LogP) is 2.35. The first kappa shape index (κ1) is 17.0. The molecule has 2 saturated heterocycles. The molecule has 5 heteroatoms. The van der Waals surface area contributed by atoms with Gasteiger partial charge in [0.15, 0.2) is 12.4 Å². The average Bonchev–Trinajstić information content (AvgIpc) is 2.96. The van der Waals surface area contributed by atoms with E-state index < -0.39 is 0 Å². The zero-order chi connectivity index (χ0) is 16.9. The molecule has 2 aliphatic rings. The number of ketones is 1. The van der Waals surface area contributed by atoms with Gasteiger partial charge in [-0.05, 0) is 50.1 Å². The number of amides is 1. The summed E-state index contributed by atoms with van der Waals surface area (Å²) in [6.45, 7) is 5.82. The van der Waals surface area contributed by atoms with E-state index in [1.807, 2.05) is 11.8 Å². The lowest BCUT2D eigenvalue weighted by Crippen LogP contribution is -2.41. The number of hydrogen-bond acceptors (Lipinski definition) is 4. The van der Waals surface area contributed by atoms with Crippen LogP contribution >= 0.6 is 0 Å². The van der Waals surface area contributed by atoms with Crippen LogP contribution in [0.15, 0.2) is 24.3 Å². The normalized spacial score (nSPS) is 21.2. The molecule has 1 atom stereocenters. The van der Waals surface area contributed by atoms with E-state index in [2.05, 4.69) is 4.90 Å². The van der Waals surface area contributed by atoms with Gasteiger partial charge in [0.1, 0.15) is 5.75 Å². The lowest BCUT2D eigenvalue weighted by atomic mass is 10.1. The van der Waals surface area contributed by atoms with Gasteiger partial charge < -0.3 is 9.64 Å². The zero-order valence-corrected chi connectivity index (χ0v) is 14.4. The Labute approximate surface area is 143 Å². The van der Waals surface area contributed by atoms with Crippen LogP contribution in [0.25, 0.3) is 0 Å². The van der Waals surface area contributed by atoms with Crippen molar-refractivity contribution in [1.29, 1.82) is 0 Å².